The van der Waals surface area contributed by atoms with E-state index in [0.29, 0.717) is 24.1 Å². The molecule has 3 N–H and O–H groups in total. The number of carbonyl (C=O) groups is 2. The van der Waals surface area contributed by atoms with Gasteiger partial charge in [0.05, 0.1) is 23.9 Å². The number of pyridine rings is 1. The van der Waals surface area contributed by atoms with Crippen molar-refractivity contribution < 1.29 is 19.8 Å². The van der Waals surface area contributed by atoms with Crippen LogP contribution in [0.5, 0.6) is 0 Å². The van der Waals surface area contributed by atoms with Crippen LogP contribution in [0.2, 0.25) is 0 Å². The molecule has 2 heterocycles. The first-order chi connectivity index (χ1) is 16.9. The average molecular weight is 473 g/mol. The highest BCUT2D eigenvalue weighted by Crippen LogP contribution is 2.33. The van der Waals surface area contributed by atoms with Gasteiger partial charge in [-0.2, -0.15) is 0 Å². The molecule has 178 valence electrons. The van der Waals surface area contributed by atoms with Gasteiger partial charge in [-0.1, -0.05) is 24.3 Å². The highest BCUT2D eigenvalue weighted by atomic mass is 16.4. The van der Waals surface area contributed by atoms with Gasteiger partial charge in [-0.25, -0.2) is 4.98 Å². The van der Waals surface area contributed by atoms with E-state index < -0.39 is 11.9 Å². The van der Waals surface area contributed by atoms with Crippen LogP contribution in [0, 0.1) is 0 Å². The van der Waals surface area contributed by atoms with Crippen LogP contribution in [0.15, 0.2) is 59.4 Å². The monoisotopic (exact) mass is 472 g/mol. The summed E-state index contributed by atoms with van der Waals surface area (Å²) in [5.41, 5.74) is 2.90. The molecule has 0 aliphatic rings. The highest BCUT2D eigenvalue weighted by Gasteiger charge is 2.17. The standard InChI is InChI=1S/C26H24N4O5/c31-22(32)10-13-29(14-11-23(33)34)15-12-27-19-9-8-17-24-16(19)4-3-5-18(24)26(35)30-21-7-2-1-6-20(21)28-25(17)30/h1-9,27H,10-15H2,(H,31,32)(H,33,34). The Labute approximate surface area is 199 Å². The first kappa shape index (κ1) is 22.5. The fourth-order valence-corrected chi connectivity index (χ4v) is 4.65. The number of rotatable bonds is 10. The molecule has 9 nitrogen and oxygen atoms in total. The largest absolute Gasteiger partial charge is 0.481 e. The smallest absolute Gasteiger partial charge is 0.304 e. The molecule has 2 aromatic heterocycles. The highest BCUT2D eigenvalue weighted by molar-refractivity contribution is 6.18. The number of aromatic nitrogens is 2. The molecular weight excluding hydrogens is 448 g/mol. The van der Waals surface area contributed by atoms with E-state index in [0.717, 1.165) is 32.9 Å². The number of nitrogens with zero attached hydrogens (tertiary/aromatic N) is 3. The molecule has 0 saturated carbocycles. The third-order valence-corrected chi connectivity index (χ3v) is 6.30. The predicted octanol–water partition coefficient (Wildman–Crippen LogP) is 3.26. The molecule has 0 spiro atoms. The van der Waals surface area contributed by atoms with Crippen molar-refractivity contribution in [2.24, 2.45) is 0 Å². The van der Waals surface area contributed by atoms with E-state index in [4.69, 9.17) is 15.2 Å². The molecule has 3 aromatic carbocycles. The van der Waals surface area contributed by atoms with Crippen molar-refractivity contribution in [1.29, 1.82) is 0 Å². The summed E-state index contributed by atoms with van der Waals surface area (Å²) in [6.45, 7) is 1.53. The maximum Gasteiger partial charge on any atom is 0.304 e. The lowest BCUT2D eigenvalue weighted by Crippen LogP contribution is -2.33. The number of imidazole rings is 1. The van der Waals surface area contributed by atoms with Crippen LogP contribution < -0.4 is 10.9 Å². The molecular formula is C26H24N4O5. The third-order valence-electron chi connectivity index (χ3n) is 6.30. The SMILES string of the molecule is O=C(O)CCN(CCNc1ccc2c3c1cccc3c(=O)n1c3ccccc3nc21)CCC(=O)O. The minimum atomic E-state index is -0.919. The molecule has 0 radical (unpaired) electrons. The number of aliphatic carboxylic acids is 2. The number of nitrogens with one attached hydrogen (secondary N) is 1. The van der Waals surface area contributed by atoms with Crippen molar-refractivity contribution in [3.8, 4) is 0 Å². The van der Waals surface area contributed by atoms with E-state index in [2.05, 4.69) is 5.32 Å². The van der Waals surface area contributed by atoms with Gasteiger partial charge >= 0.3 is 11.9 Å². The molecule has 0 aliphatic carbocycles. The minimum absolute atomic E-state index is 0.0519. The number of hydrogen-bond acceptors (Lipinski definition) is 6. The summed E-state index contributed by atoms with van der Waals surface area (Å²) in [6.07, 6.45) is -0.104. The molecule has 0 atom stereocenters. The van der Waals surface area contributed by atoms with Gasteiger partial charge in [-0.15, -0.1) is 0 Å². The quantitative estimate of drug-likeness (QED) is 0.283. The summed E-state index contributed by atoms with van der Waals surface area (Å²) in [4.78, 5) is 41.9. The Hall–Kier alpha value is -4.24. The average Bonchev–Trinajstić information content (AvgIpc) is 3.24. The molecule has 0 aliphatic heterocycles. The predicted molar refractivity (Wildman–Crippen MR) is 135 cm³/mol. The van der Waals surface area contributed by atoms with Crippen LogP contribution in [0.3, 0.4) is 0 Å². The third kappa shape index (κ3) is 4.22. The van der Waals surface area contributed by atoms with Gasteiger partial charge < -0.3 is 20.4 Å². The van der Waals surface area contributed by atoms with E-state index >= 15 is 0 Å². The van der Waals surface area contributed by atoms with Crippen LogP contribution in [0.1, 0.15) is 12.8 Å². The van der Waals surface area contributed by atoms with Gasteiger partial charge in [0.2, 0.25) is 0 Å². The van der Waals surface area contributed by atoms with Crippen LogP contribution in [0.4, 0.5) is 5.69 Å². The van der Waals surface area contributed by atoms with Gasteiger partial charge in [-0.05, 0) is 30.3 Å². The maximum atomic E-state index is 13.4. The zero-order valence-electron chi connectivity index (χ0n) is 18.9. The van der Waals surface area contributed by atoms with Crippen molar-refractivity contribution >= 4 is 55.9 Å². The van der Waals surface area contributed by atoms with E-state index in [1.165, 1.54) is 0 Å². The summed E-state index contributed by atoms with van der Waals surface area (Å²) in [7, 11) is 0. The Morgan fingerprint density at radius 1 is 0.857 bits per heavy atom. The van der Waals surface area contributed by atoms with Crippen molar-refractivity contribution in [1.82, 2.24) is 14.3 Å². The Morgan fingerprint density at radius 3 is 2.31 bits per heavy atom. The molecule has 5 rings (SSSR count). The normalized spacial score (nSPS) is 11.8. The maximum absolute atomic E-state index is 13.4. The van der Waals surface area contributed by atoms with Gasteiger partial charge in [0.1, 0.15) is 5.65 Å². The second-order valence-corrected chi connectivity index (χ2v) is 8.51. The lowest BCUT2D eigenvalue weighted by atomic mass is 10.0. The zero-order chi connectivity index (χ0) is 24.5. The fourth-order valence-electron chi connectivity index (χ4n) is 4.65. The molecule has 5 aromatic rings. The van der Waals surface area contributed by atoms with E-state index in [9.17, 15) is 14.4 Å². The van der Waals surface area contributed by atoms with Crippen LogP contribution in [-0.4, -0.2) is 62.6 Å². The summed E-state index contributed by atoms with van der Waals surface area (Å²) < 4.78 is 1.67. The number of hydrogen-bond donors (Lipinski definition) is 3. The first-order valence-electron chi connectivity index (χ1n) is 11.4. The minimum Gasteiger partial charge on any atom is -0.481 e. The summed E-state index contributed by atoms with van der Waals surface area (Å²) in [5, 5.41) is 24.6. The Bertz CT molecular complexity index is 1610. The number of benzene rings is 3. The van der Waals surface area contributed by atoms with Crippen molar-refractivity contribution in [2.45, 2.75) is 12.8 Å². The second-order valence-electron chi connectivity index (χ2n) is 8.51. The number of carboxylic acids is 2. The van der Waals surface area contributed by atoms with E-state index in [-0.39, 0.29) is 31.5 Å². The molecule has 0 amide bonds. The fraction of sp³-hybridized carbons (Fsp3) is 0.231. The molecule has 0 unspecified atom stereocenters. The van der Waals surface area contributed by atoms with Gasteiger partial charge in [-0.3, -0.25) is 18.8 Å². The van der Waals surface area contributed by atoms with Crippen molar-refractivity contribution in [3.05, 3.63) is 65.0 Å². The zero-order valence-corrected chi connectivity index (χ0v) is 18.9. The Balaban J connectivity index is 1.48. The lowest BCUT2D eigenvalue weighted by molar-refractivity contribution is -0.137. The van der Waals surface area contributed by atoms with Gasteiger partial charge in [0.25, 0.3) is 5.56 Å². The molecule has 0 saturated heterocycles. The number of para-hydroxylation sites is 2. The number of anilines is 1. The van der Waals surface area contributed by atoms with Crippen molar-refractivity contribution in [2.75, 3.05) is 31.5 Å². The number of carboxylic acid groups (broad SMARTS) is 2. The van der Waals surface area contributed by atoms with Crippen molar-refractivity contribution in [3.63, 3.8) is 0 Å². The number of fused-ring (bicyclic) bond motifs is 4. The molecule has 0 bridgehead atoms. The molecule has 35 heavy (non-hydrogen) atoms. The first-order valence-corrected chi connectivity index (χ1v) is 11.4. The molecule has 0 fully saturated rings. The second kappa shape index (κ2) is 9.19. The summed E-state index contributed by atoms with van der Waals surface area (Å²) in [5.74, 6) is -1.84. The van der Waals surface area contributed by atoms with Gasteiger partial charge in [0, 0.05) is 53.4 Å². The Morgan fingerprint density at radius 2 is 1.57 bits per heavy atom. The lowest BCUT2D eigenvalue weighted by Gasteiger charge is -2.21. The van der Waals surface area contributed by atoms with Crippen LogP contribution in [0.25, 0.3) is 38.2 Å². The molecule has 9 heteroatoms. The van der Waals surface area contributed by atoms with Crippen LogP contribution >= 0.6 is 0 Å². The van der Waals surface area contributed by atoms with Crippen LogP contribution in [-0.2, 0) is 9.59 Å². The van der Waals surface area contributed by atoms with Gasteiger partial charge in [0.15, 0.2) is 0 Å². The summed E-state index contributed by atoms with van der Waals surface area (Å²) in [6, 6.07) is 17.2. The topological polar surface area (TPSA) is 124 Å². The Kier molecular flexibility index (Phi) is 5.92. The van der Waals surface area contributed by atoms with E-state index in [1.54, 1.807) is 4.40 Å². The summed E-state index contributed by atoms with van der Waals surface area (Å²) >= 11 is 0. The van der Waals surface area contributed by atoms with E-state index in [1.807, 2.05) is 59.5 Å².